The third-order valence-corrected chi connectivity index (χ3v) is 2.68. The van der Waals surface area contributed by atoms with Crippen LogP contribution in [-0.4, -0.2) is 44.2 Å². The summed E-state index contributed by atoms with van der Waals surface area (Å²) in [5.74, 6) is 0.0792. The molecule has 0 aliphatic carbocycles. The summed E-state index contributed by atoms with van der Waals surface area (Å²) in [5, 5.41) is 0. The van der Waals surface area contributed by atoms with Crippen LogP contribution in [0, 0.1) is 0 Å². The number of pyridine rings is 1. The third-order valence-electron chi connectivity index (χ3n) is 2.68. The highest BCUT2D eigenvalue weighted by atomic mass is 16.7. The summed E-state index contributed by atoms with van der Waals surface area (Å²) in [5.41, 5.74) is 0.405. The van der Waals surface area contributed by atoms with E-state index in [1.165, 1.54) is 13.3 Å². The Morgan fingerprint density at radius 2 is 2.21 bits per heavy atom. The van der Waals surface area contributed by atoms with E-state index in [1.807, 2.05) is 0 Å². The third kappa shape index (κ3) is 4.18. The average molecular weight is 267 g/mol. The van der Waals surface area contributed by atoms with Crippen molar-refractivity contribution < 1.29 is 23.7 Å². The van der Waals surface area contributed by atoms with Crippen molar-refractivity contribution in [2.24, 2.45) is 0 Å². The molecule has 6 heteroatoms. The lowest BCUT2D eigenvalue weighted by Crippen LogP contribution is -2.10. The van der Waals surface area contributed by atoms with Gasteiger partial charge in [0.15, 0.2) is 6.29 Å². The van der Waals surface area contributed by atoms with Crippen LogP contribution in [-0.2, 0) is 14.2 Å². The van der Waals surface area contributed by atoms with Crippen LogP contribution in [0.2, 0.25) is 0 Å². The molecule has 2 heterocycles. The predicted molar refractivity (Wildman–Crippen MR) is 66.0 cm³/mol. The van der Waals surface area contributed by atoms with Crippen LogP contribution in [0.15, 0.2) is 18.3 Å². The van der Waals surface area contributed by atoms with Gasteiger partial charge < -0.3 is 18.9 Å². The number of nitrogens with zero attached hydrogens (tertiary/aromatic N) is 1. The smallest absolute Gasteiger partial charge is 0.339 e. The highest BCUT2D eigenvalue weighted by Crippen LogP contribution is 2.12. The van der Waals surface area contributed by atoms with Gasteiger partial charge in [-0.25, -0.2) is 9.78 Å². The van der Waals surface area contributed by atoms with Gasteiger partial charge in [-0.2, -0.15) is 0 Å². The molecule has 1 aromatic heterocycles. The molecule has 1 aliphatic rings. The van der Waals surface area contributed by atoms with E-state index in [2.05, 4.69) is 9.72 Å². The molecule has 1 saturated heterocycles. The molecule has 19 heavy (non-hydrogen) atoms. The summed E-state index contributed by atoms with van der Waals surface area (Å²) in [6, 6.07) is 3.27. The maximum absolute atomic E-state index is 11.2. The quantitative estimate of drug-likeness (QED) is 0.573. The number of carbonyl (C=O) groups is 1. The molecular weight excluding hydrogens is 250 g/mol. The molecule has 0 amide bonds. The van der Waals surface area contributed by atoms with Gasteiger partial charge in [0.25, 0.3) is 0 Å². The molecule has 0 bridgehead atoms. The number of methoxy groups -OCH3 is 1. The van der Waals surface area contributed by atoms with Crippen LogP contribution in [0.5, 0.6) is 5.88 Å². The van der Waals surface area contributed by atoms with Crippen LogP contribution >= 0.6 is 0 Å². The van der Waals surface area contributed by atoms with Gasteiger partial charge in [0.05, 0.1) is 32.5 Å². The molecule has 1 fully saturated rings. The van der Waals surface area contributed by atoms with Gasteiger partial charge in [0.2, 0.25) is 5.88 Å². The van der Waals surface area contributed by atoms with Gasteiger partial charge in [-0.1, -0.05) is 0 Å². The molecule has 1 aliphatic heterocycles. The Kier molecular flexibility index (Phi) is 5.11. The van der Waals surface area contributed by atoms with Gasteiger partial charge in [-0.15, -0.1) is 0 Å². The Morgan fingerprint density at radius 3 is 2.84 bits per heavy atom. The fourth-order valence-corrected chi connectivity index (χ4v) is 1.70. The minimum Gasteiger partial charge on any atom is -0.478 e. The number of aromatic nitrogens is 1. The van der Waals surface area contributed by atoms with Gasteiger partial charge >= 0.3 is 5.97 Å². The van der Waals surface area contributed by atoms with Gasteiger partial charge in [-0.3, -0.25) is 0 Å². The Hall–Kier alpha value is -1.66. The molecule has 104 valence electrons. The highest BCUT2D eigenvalue weighted by molar-refractivity contribution is 5.88. The average Bonchev–Trinajstić information content (AvgIpc) is 2.96. The zero-order valence-electron chi connectivity index (χ0n) is 10.8. The number of rotatable bonds is 6. The normalized spacial score (nSPS) is 15.4. The summed E-state index contributed by atoms with van der Waals surface area (Å²) in [6.07, 6.45) is 2.97. The second kappa shape index (κ2) is 7.06. The van der Waals surface area contributed by atoms with E-state index >= 15 is 0 Å². The van der Waals surface area contributed by atoms with Crippen molar-refractivity contribution in [2.75, 3.05) is 26.9 Å². The van der Waals surface area contributed by atoms with E-state index in [9.17, 15) is 4.79 Å². The van der Waals surface area contributed by atoms with Crippen LogP contribution in [0.4, 0.5) is 0 Å². The Labute approximate surface area is 111 Å². The zero-order chi connectivity index (χ0) is 13.5. The standard InChI is InChI=1S/C13H17NO5/c1-16-13(15)10-4-5-11(14-9-10)17-6-2-3-12-18-7-8-19-12/h4-5,9,12H,2-3,6-8H2,1H3. The van der Waals surface area contributed by atoms with Crippen molar-refractivity contribution >= 4 is 5.97 Å². The van der Waals surface area contributed by atoms with Crippen LogP contribution < -0.4 is 4.74 Å². The predicted octanol–water partition coefficient (Wildman–Crippen LogP) is 1.40. The molecule has 0 radical (unpaired) electrons. The molecule has 0 N–H and O–H groups in total. The maximum atomic E-state index is 11.2. The van der Waals surface area contributed by atoms with Crippen molar-refractivity contribution in [3.8, 4) is 5.88 Å². The molecule has 0 saturated carbocycles. The van der Waals surface area contributed by atoms with Crippen LogP contribution in [0.3, 0.4) is 0 Å². The lowest BCUT2D eigenvalue weighted by atomic mass is 10.3. The van der Waals surface area contributed by atoms with E-state index in [4.69, 9.17) is 14.2 Å². The number of ether oxygens (including phenoxy) is 4. The monoisotopic (exact) mass is 267 g/mol. The number of hydrogen-bond donors (Lipinski definition) is 0. The van der Waals surface area contributed by atoms with E-state index in [0.29, 0.717) is 31.3 Å². The first-order valence-corrected chi connectivity index (χ1v) is 6.20. The number of hydrogen-bond acceptors (Lipinski definition) is 6. The van der Waals surface area contributed by atoms with Crippen molar-refractivity contribution in [3.63, 3.8) is 0 Å². The van der Waals surface area contributed by atoms with Crippen molar-refractivity contribution in [3.05, 3.63) is 23.9 Å². The zero-order valence-corrected chi connectivity index (χ0v) is 10.8. The Balaban J connectivity index is 1.69. The summed E-state index contributed by atoms with van der Waals surface area (Å²) in [6.45, 7) is 1.87. The number of carbonyl (C=O) groups excluding carboxylic acids is 1. The Morgan fingerprint density at radius 1 is 1.42 bits per heavy atom. The molecule has 2 rings (SSSR count). The number of esters is 1. The van der Waals surface area contributed by atoms with Crippen molar-refractivity contribution in [1.82, 2.24) is 4.98 Å². The molecule has 6 nitrogen and oxygen atoms in total. The van der Waals surface area contributed by atoms with Crippen LogP contribution in [0.1, 0.15) is 23.2 Å². The second-order valence-electron chi connectivity index (χ2n) is 4.04. The molecule has 0 aromatic carbocycles. The maximum Gasteiger partial charge on any atom is 0.339 e. The fourth-order valence-electron chi connectivity index (χ4n) is 1.70. The SMILES string of the molecule is COC(=O)c1ccc(OCCCC2OCCO2)nc1. The van der Waals surface area contributed by atoms with E-state index in [0.717, 1.165) is 12.8 Å². The second-order valence-corrected chi connectivity index (χ2v) is 4.04. The first-order chi connectivity index (χ1) is 9.29. The minimum atomic E-state index is -0.408. The topological polar surface area (TPSA) is 66.9 Å². The largest absolute Gasteiger partial charge is 0.478 e. The fraction of sp³-hybridized carbons (Fsp3) is 0.538. The molecule has 0 spiro atoms. The van der Waals surface area contributed by atoms with E-state index in [1.54, 1.807) is 12.1 Å². The summed E-state index contributed by atoms with van der Waals surface area (Å²) in [7, 11) is 1.33. The molecule has 0 atom stereocenters. The summed E-state index contributed by atoms with van der Waals surface area (Å²) < 4.78 is 20.7. The lowest BCUT2D eigenvalue weighted by molar-refractivity contribution is -0.0493. The first kappa shape index (κ1) is 13.8. The highest BCUT2D eigenvalue weighted by Gasteiger charge is 2.15. The molecule has 1 aromatic rings. The lowest BCUT2D eigenvalue weighted by Gasteiger charge is -2.09. The van der Waals surface area contributed by atoms with Gasteiger partial charge in [0, 0.05) is 18.7 Å². The molecular formula is C13H17NO5. The summed E-state index contributed by atoms with van der Waals surface area (Å²) >= 11 is 0. The minimum absolute atomic E-state index is 0.0988. The van der Waals surface area contributed by atoms with Gasteiger partial charge in [-0.05, 0) is 12.5 Å². The van der Waals surface area contributed by atoms with Crippen LogP contribution in [0.25, 0.3) is 0 Å². The van der Waals surface area contributed by atoms with Crippen molar-refractivity contribution in [2.45, 2.75) is 19.1 Å². The van der Waals surface area contributed by atoms with E-state index < -0.39 is 5.97 Å². The first-order valence-electron chi connectivity index (χ1n) is 6.20. The summed E-state index contributed by atoms with van der Waals surface area (Å²) in [4.78, 5) is 15.2. The molecule has 0 unspecified atom stereocenters. The van der Waals surface area contributed by atoms with E-state index in [-0.39, 0.29) is 6.29 Å². The van der Waals surface area contributed by atoms with Gasteiger partial charge in [0.1, 0.15) is 0 Å². The van der Waals surface area contributed by atoms with Crippen molar-refractivity contribution in [1.29, 1.82) is 0 Å². The Bertz CT molecular complexity index is 400.